The van der Waals surface area contributed by atoms with Gasteiger partial charge in [-0.25, -0.2) is 0 Å². The third-order valence-corrected chi connectivity index (χ3v) is 1.11. The fourth-order valence-electron chi connectivity index (χ4n) is 0.121. The third kappa shape index (κ3) is 1.53. The zero-order valence-electron chi connectivity index (χ0n) is 5.05. The van der Waals surface area contributed by atoms with E-state index < -0.39 is 11.7 Å². The van der Waals surface area contributed by atoms with Crippen LogP contribution in [0, 0.1) is 12.3 Å². The van der Waals surface area contributed by atoms with Crippen LogP contribution in [-0.2, 0) is 0 Å². The molecule has 0 aromatic carbocycles. The van der Waals surface area contributed by atoms with Gasteiger partial charge in [0.2, 0.25) is 0 Å². The van der Waals surface area contributed by atoms with Gasteiger partial charge in [-0.05, 0) is 13.8 Å². The van der Waals surface area contributed by atoms with E-state index in [4.69, 9.17) is 16.6 Å². The summed E-state index contributed by atoms with van der Waals surface area (Å²) in [5, 5.41) is 17.6. The molecule has 0 saturated carbocycles. The van der Waals surface area contributed by atoms with E-state index in [0.717, 1.165) is 0 Å². The first-order chi connectivity index (χ1) is 3.50. The molecule has 2 atom stereocenters. The lowest BCUT2D eigenvalue weighted by molar-refractivity contribution is -0.00775. The van der Waals surface area contributed by atoms with Gasteiger partial charge < -0.3 is 10.2 Å². The molecule has 0 aromatic rings. The van der Waals surface area contributed by atoms with Gasteiger partial charge in [0.15, 0.2) is 0 Å². The predicted octanol–water partition coefficient (Wildman–Crippen LogP) is -0.249. The van der Waals surface area contributed by atoms with Crippen LogP contribution in [0.1, 0.15) is 13.8 Å². The Kier molecular flexibility index (Phi) is 2.02. The van der Waals surface area contributed by atoms with Crippen LogP contribution in [0.4, 0.5) is 0 Å². The summed E-state index contributed by atoms with van der Waals surface area (Å²) < 4.78 is 0. The smallest absolute Gasteiger partial charge is 0.147 e. The molecule has 2 nitrogen and oxygen atoms in total. The van der Waals surface area contributed by atoms with E-state index in [0.29, 0.717) is 0 Å². The standard InChI is InChI=1S/C6H10O2/c1-4-6(3,8)5(2)7/h1,5,7-8H,2-3H3. The molecule has 0 spiro atoms. The summed E-state index contributed by atoms with van der Waals surface area (Å²) in [6.45, 7) is 2.83. The highest BCUT2D eigenvalue weighted by Crippen LogP contribution is 2.05. The van der Waals surface area contributed by atoms with E-state index in [-0.39, 0.29) is 0 Å². The van der Waals surface area contributed by atoms with E-state index in [1.165, 1.54) is 13.8 Å². The largest absolute Gasteiger partial charge is 0.389 e. The maximum Gasteiger partial charge on any atom is 0.147 e. The Morgan fingerprint density at radius 3 is 2.12 bits per heavy atom. The molecule has 0 fully saturated rings. The SMILES string of the molecule is C#CC(C)(O)C(C)O. The average Bonchev–Trinajstić information content (AvgIpc) is 1.67. The molecule has 0 amide bonds. The second-order valence-electron chi connectivity index (χ2n) is 1.97. The Morgan fingerprint density at radius 1 is 1.75 bits per heavy atom. The van der Waals surface area contributed by atoms with Crippen molar-refractivity contribution < 1.29 is 10.2 Å². The molecule has 46 valence electrons. The fraction of sp³-hybridized carbons (Fsp3) is 0.667. The zero-order chi connectivity index (χ0) is 6.78. The van der Waals surface area contributed by atoms with Crippen LogP contribution in [0.15, 0.2) is 0 Å². The summed E-state index contributed by atoms with van der Waals surface area (Å²) >= 11 is 0. The van der Waals surface area contributed by atoms with E-state index >= 15 is 0 Å². The Balaban J connectivity index is 3.97. The topological polar surface area (TPSA) is 40.5 Å². The van der Waals surface area contributed by atoms with Gasteiger partial charge in [0.1, 0.15) is 5.60 Å². The molecule has 8 heavy (non-hydrogen) atoms. The van der Waals surface area contributed by atoms with E-state index in [1.807, 2.05) is 5.92 Å². The molecule has 2 heteroatoms. The first-order valence-electron chi connectivity index (χ1n) is 2.39. The summed E-state index contributed by atoms with van der Waals surface area (Å²) in [5.41, 5.74) is -1.38. The molecule has 0 aliphatic rings. The highest BCUT2D eigenvalue weighted by atomic mass is 16.3. The van der Waals surface area contributed by atoms with Gasteiger partial charge in [-0.1, -0.05) is 5.92 Å². The monoisotopic (exact) mass is 114 g/mol. The average molecular weight is 114 g/mol. The number of aliphatic hydroxyl groups is 2. The molecule has 0 rings (SSSR count). The lowest BCUT2D eigenvalue weighted by Gasteiger charge is -2.18. The van der Waals surface area contributed by atoms with Crippen LogP contribution < -0.4 is 0 Å². The van der Waals surface area contributed by atoms with Gasteiger partial charge >= 0.3 is 0 Å². The zero-order valence-corrected chi connectivity index (χ0v) is 5.05. The minimum absolute atomic E-state index is 0.868. The third-order valence-electron chi connectivity index (χ3n) is 1.11. The van der Waals surface area contributed by atoms with Crippen molar-refractivity contribution in [2.45, 2.75) is 25.6 Å². The van der Waals surface area contributed by atoms with E-state index in [9.17, 15) is 0 Å². The molecule has 0 bridgehead atoms. The lowest BCUT2D eigenvalue weighted by Crippen LogP contribution is -2.34. The first-order valence-corrected chi connectivity index (χ1v) is 2.39. The highest BCUT2D eigenvalue weighted by Gasteiger charge is 2.22. The van der Waals surface area contributed by atoms with E-state index in [1.54, 1.807) is 0 Å². The summed E-state index contributed by atoms with van der Waals surface area (Å²) in [7, 11) is 0. The maximum absolute atomic E-state index is 8.91. The predicted molar refractivity (Wildman–Crippen MR) is 31.1 cm³/mol. The molecule has 2 N–H and O–H groups in total. The van der Waals surface area contributed by atoms with Gasteiger partial charge in [-0.3, -0.25) is 0 Å². The molecule has 0 heterocycles. The van der Waals surface area contributed by atoms with Crippen molar-refractivity contribution in [2.75, 3.05) is 0 Å². The number of aliphatic hydroxyl groups excluding tert-OH is 1. The maximum atomic E-state index is 8.91. The second-order valence-corrected chi connectivity index (χ2v) is 1.97. The van der Waals surface area contributed by atoms with Crippen LogP contribution in [0.25, 0.3) is 0 Å². The summed E-state index contributed by atoms with van der Waals surface area (Å²) in [4.78, 5) is 0. The van der Waals surface area contributed by atoms with Crippen LogP contribution in [0.5, 0.6) is 0 Å². The number of hydrogen-bond donors (Lipinski definition) is 2. The molecule has 0 radical (unpaired) electrons. The first kappa shape index (κ1) is 7.48. The highest BCUT2D eigenvalue weighted by molar-refractivity contribution is 5.07. The molecular weight excluding hydrogens is 104 g/mol. The van der Waals surface area contributed by atoms with Crippen molar-refractivity contribution in [3.8, 4) is 12.3 Å². The van der Waals surface area contributed by atoms with Crippen LogP contribution in [0.3, 0.4) is 0 Å². The quantitative estimate of drug-likeness (QED) is 0.461. The van der Waals surface area contributed by atoms with Crippen molar-refractivity contribution in [1.82, 2.24) is 0 Å². The summed E-state index contributed by atoms with van der Waals surface area (Å²) in [5.74, 6) is 2.05. The molecule has 0 saturated heterocycles. The van der Waals surface area contributed by atoms with E-state index in [2.05, 4.69) is 0 Å². The number of terminal acetylenes is 1. The minimum Gasteiger partial charge on any atom is -0.389 e. The number of hydrogen-bond acceptors (Lipinski definition) is 2. The Labute approximate surface area is 49.2 Å². The summed E-state index contributed by atoms with van der Waals surface area (Å²) in [6.07, 6.45) is 3.98. The van der Waals surface area contributed by atoms with Crippen molar-refractivity contribution in [2.24, 2.45) is 0 Å². The van der Waals surface area contributed by atoms with Crippen molar-refractivity contribution >= 4 is 0 Å². The van der Waals surface area contributed by atoms with Gasteiger partial charge in [0.05, 0.1) is 6.10 Å². The number of rotatable bonds is 1. The fourth-order valence-corrected chi connectivity index (χ4v) is 0.121. The van der Waals surface area contributed by atoms with Crippen LogP contribution in [-0.4, -0.2) is 21.9 Å². The minimum atomic E-state index is -1.38. The van der Waals surface area contributed by atoms with Gasteiger partial charge in [-0.15, -0.1) is 6.42 Å². The van der Waals surface area contributed by atoms with Gasteiger partial charge in [-0.2, -0.15) is 0 Å². The van der Waals surface area contributed by atoms with Crippen molar-refractivity contribution in [3.05, 3.63) is 0 Å². The summed E-state index contributed by atoms with van der Waals surface area (Å²) in [6, 6.07) is 0. The molecular formula is C6H10O2. The van der Waals surface area contributed by atoms with Crippen molar-refractivity contribution in [3.63, 3.8) is 0 Å². The molecule has 0 aliphatic heterocycles. The van der Waals surface area contributed by atoms with Crippen LogP contribution in [0.2, 0.25) is 0 Å². The Hall–Kier alpha value is -0.520. The van der Waals surface area contributed by atoms with Crippen molar-refractivity contribution in [1.29, 1.82) is 0 Å². The van der Waals surface area contributed by atoms with Gasteiger partial charge in [0, 0.05) is 0 Å². The van der Waals surface area contributed by atoms with Crippen LogP contribution >= 0.6 is 0 Å². The second kappa shape index (κ2) is 2.17. The van der Waals surface area contributed by atoms with Gasteiger partial charge in [0.25, 0.3) is 0 Å². The Bertz CT molecular complexity index is 108. The Morgan fingerprint density at radius 2 is 2.12 bits per heavy atom. The molecule has 2 unspecified atom stereocenters. The normalized spacial score (nSPS) is 20.9. The lowest BCUT2D eigenvalue weighted by atomic mass is 10.0. The molecule has 0 aliphatic carbocycles. The molecule has 0 aromatic heterocycles.